The minimum atomic E-state index is 0.662. The molecule has 0 unspecified atom stereocenters. The minimum Gasteiger partial charge on any atom is -0.345 e. The molecule has 0 aliphatic carbocycles. The number of H-pyrrole nitrogens is 2. The van der Waals surface area contributed by atoms with Crippen LogP contribution < -0.4 is 0 Å². The van der Waals surface area contributed by atoms with Crippen LogP contribution >= 0.6 is 35.0 Å². The maximum atomic E-state index is 6.35. The number of aromatic amines is 2. The van der Waals surface area contributed by atoms with Crippen LogP contribution in [0.2, 0.25) is 10.0 Å². The van der Waals surface area contributed by atoms with Crippen LogP contribution in [-0.4, -0.2) is 19.9 Å². The molecule has 2 aromatic carbocycles. The van der Waals surface area contributed by atoms with Crippen LogP contribution in [0, 0.1) is 0 Å². The Kier molecular flexibility index (Phi) is 4.08. The second kappa shape index (κ2) is 6.60. The van der Waals surface area contributed by atoms with Crippen LogP contribution in [-0.2, 0) is 0 Å². The lowest BCUT2D eigenvalue weighted by atomic mass is 10.2. The van der Waals surface area contributed by atoms with E-state index in [-0.39, 0.29) is 0 Å². The average Bonchev–Trinajstić information content (AvgIpc) is 3.27. The Balaban J connectivity index is 1.64. The molecule has 3 aromatic heterocycles. The van der Waals surface area contributed by atoms with Crippen molar-refractivity contribution in [2.45, 2.75) is 9.79 Å². The van der Waals surface area contributed by atoms with Gasteiger partial charge in [0.2, 0.25) is 0 Å². The van der Waals surface area contributed by atoms with Gasteiger partial charge < -0.3 is 9.97 Å². The van der Waals surface area contributed by atoms with Crippen molar-refractivity contribution in [3.05, 3.63) is 71.0 Å². The first kappa shape index (κ1) is 16.7. The van der Waals surface area contributed by atoms with Crippen molar-refractivity contribution < 1.29 is 0 Å². The van der Waals surface area contributed by atoms with Crippen LogP contribution in [0.1, 0.15) is 0 Å². The van der Waals surface area contributed by atoms with Gasteiger partial charge in [0.15, 0.2) is 0 Å². The number of nitrogens with zero attached hydrogens (tertiary/aromatic N) is 2. The molecular formula is C20H12Cl2N4S. The number of rotatable bonds is 3. The van der Waals surface area contributed by atoms with E-state index < -0.39 is 0 Å². The Morgan fingerprint density at radius 1 is 0.963 bits per heavy atom. The normalized spacial score (nSPS) is 11.5. The topological polar surface area (TPSA) is 57.4 Å². The predicted molar refractivity (Wildman–Crippen MR) is 112 cm³/mol. The zero-order chi connectivity index (χ0) is 18.4. The van der Waals surface area contributed by atoms with Gasteiger partial charge in [-0.25, -0.2) is 9.97 Å². The third-order valence-corrected chi connectivity index (χ3v) is 5.77. The summed E-state index contributed by atoms with van der Waals surface area (Å²) in [4.78, 5) is 17.8. The number of benzene rings is 2. The van der Waals surface area contributed by atoms with E-state index in [9.17, 15) is 0 Å². The summed E-state index contributed by atoms with van der Waals surface area (Å²) in [5.74, 6) is 0.782. The van der Waals surface area contributed by atoms with Crippen LogP contribution in [0.4, 0.5) is 0 Å². The number of nitrogens with one attached hydrogen (secondary N) is 2. The summed E-state index contributed by atoms with van der Waals surface area (Å²) in [5.41, 5.74) is 3.59. The van der Waals surface area contributed by atoms with Crippen molar-refractivity contribution in [1.82, 2.24) is 19.9 Å². The van der Waals surface area contributed by atoms with Crippen molar-refractivity contribution in [2.24, 2.45) is 0 Å². The molecule has 0 fully saturated rings. The van der Waals surface area contributed by atoms with E-state index in [4.69, 9.17) is 28.2 Å². The Morgan fingerprint density at radius 2 is 1.81 bits per heavy atom. The van der Waals surface area contributed by atoms with Gasteiger partial charge in [-0.3, -0.25) is 0 Å². The third-order valence-electron chi connectivity index (χ3n) is 4.26. The largest absolute Gasteiger partial charge is 0.345 e. The molecule has 0 aliphatic rings. The second-order valence-electron chi connectivity index (χ2n) is 6.04. The summed E-state index contributed by atoms with van der Waals surface area (Å²) in [5, 5.41) is 2.40. The van der Waals surface area contributed by atoms with Gasteiger partial charge in [-0.1, -0.05) is 35.0 Å². The van der Waals surface area contributed by atoms with E-state index in [1.54, 1.807) is 18.0 Å². The van der Waals surface area contributed by atoms with Crippen LogP contribution in [0.5, 0.6) is 0 Å². The summed E-state index contributed by atoms with van der Waals surface area (Å²) >= 11 is 13.9. The summed E-state index contributed by atoms with van der Waals surface area (Å²) in [7, 11) is 0. The molecule has 132 valence electrons. The molecule has 3 heterocycles. The van der Waals surface area contributed by atoms with E-state index in [1.807, 2.05) is 54.7 Å². The van der Waals surface area contributed by atoms with Crippen molar-refractivity contribution >= 4 is 57.0 Å². The zero-order valence-corrected chi connectivity index (χ0v) is 16.2. The van der Waals surface area contributed by atoms with Gasteiger partial charge in [-0.05, 0) is 48.5 Å². The molecule has 27 heavy (non-hydrogen) atoms. The Hall–Kier alpha value is -2.47. The molecular weight excluding hydrogens is 399 g/mol. The molecule has 0 spiro atoms. The van der Waals surface area contributed by atoms with Crippen molar-refractivity contribution in [1.29, 1.82) is 0 Å². The molecule has 0 saturated carbocycles. The first-order valence-electron chi connectivity index (χ1n) is 8.22. The fourth-order valence-electron chi connectivity index (χ4n) is 3.04. The Morgan fingerprint density at radius 3 is 2.67 bits per heavy atom. The van der Waals surface area contributed by atoms with E-state index >= 15 is 0 Å². The minimum absolute atomic E-state index is 0.662. The van der Waals surface area contributed by atoms with Gasteiger partial charge in [-0.2, -0.15) is 0 Å². The lowest BCUT2D eigenvalue weighted by molar-refractivity contribution is 1.31. The Labute approximate surface area is 168 Å². The zero-order valence-electron chi connectivity index (χ0n) is 13.8. The number of hydrogen-bond acceptors (Lipinski definition) is 3. The highest BCUT2D eigenvalue weighted by molar-refractivity contribution is 7.99. The van der Waals surface area contributed by atoms with Crippen molar-refractivity contribution in [3.8, 4) is 11.4 Å². The molecule has 0 saturated heterocycles. The molecule has 0 radical (unpaired) electrons. The summed E-state index contributed by atoms with van der Waals surface area (Å²) in [6, 6.07) is 15.5. The molecule has 5 aromatic rings. The second-order valence-corrected chi connectivity index (χ2v) is 8.03. The molecule has 0 aliphatic heterocycles. The smallest absolute Gasteiger partial charge is 0.140 e. The highest BCUT2D eigenvalue weighted by Crippen LogP contribution is 2.37. The van der Waals surface area contributed by atoms with Gasteiger partial charge in [0.25, 0.3) is 0 Å². The quantitative estimate of drug-likeness (QED) is 0.353. The molecule has 7 heteroatoms. The lowest BCUT2D eigenvalue weighted by Gasteiger charge is -2.03. The molecule has 0 bridgehead atoms. The van der Waals surface area contributed by atoms with Gasteiger partial charge in [0.1, 0.15) is 17.0 Å². The number of imidazole rings is 1. The highest BCUT2D eigenvalue weighted by atomic mass is 35.5. The van der Waals surface area contributed by atoms with E-state index in [1.165, 1.54) is 0 Å². The van der Waals surface area contributed by atoms with E-state index in [0.29, 0.717) is 10.0 Å². The van der Waals surface area contributed by atoms with E-state index in [2.05, 4.69) is 15.0 Å². The van der Waals surface area contributed by atoms with E-state index in [0.717, 1.165) is 43.2 Å². The summed E-state index contributed by atoms with van der Waals surface area (Å²) in [6.45, 7) is 0. The fourth-order valence-corrected chi connectivity index (χ4v) is 4.41. The monoisotopic (exact) mass is 410 g/mol. The van der Waals surface area contributed by atoms with Crippen LogP contribution in [0.15, 0.2) is 70.7 Å². The fraction of sp³-hybridized carbons (Fsp3) is 0. The number of fused-ring (bicyclic) bond motifs is 2. The standard InChI is InChI=1S/C20H12Cl2N4S/c21-11-3-5-13(6-4-11)27-17-9-12(22)8-16-18(17)26-20(25-16)15-10-24-19-14(15)2-1-7-23-19/h1-10H,(H,23,24)(H,25,26). The molecule has 4 nitrogen and oxygen atoms in total. The first-order chi connectivity index (χ1) is 13.2. The van der Waals surface area contributed by atoms with Gasteiger partial charge in [0, 0.05) is 43.2 Å². The molecule has 0 atom stereocenters. The predicted octanol–water partition coefficient (Wildman–Crippen LogP) is 6.56. The van der Waals surface area contributed by atoms with Crippen molar-refractivity contribution in [3.63, 3.8) is 0 Å². The summed E-state index contributed by atoms with van der Waals surface area (Å²) in [6.07, 6.45) is 3.69. The lowest BCUT2D eigenvalue weighted by Crippen LogP contribution is -1.79. The van der Waals surface area contributed by atoms with Crippen LogP contribution in [0.3, 0.4) is 0 Å². The van der Waals surface area contributed by atoms with Gasteiger partial charge in [0.05, 0.1) is 5.52 Å². The van der Waals surface area contributed by atoms with Crippen LogP contribution in [0.25, 0.3) is 33.5 Å². The first-order valence-corrected chi connectivity index (χ1v) is 9.80. The summed E-state index contributed by atoms with van der Waals surface area (Å²) < 4.78 is 0. The third kappa shape index (κ3) is 3.08. The maximum Gasteiger partial charge on any atom is 0.140 e. The number of hydrogen-bond donors (Lipinski definition) is 2. The molecule has 0 amide bonds. The SMILES string of the molecule is Clc1ccc(Sc2cc(Cl)cc3[nH]c(-c4c[nH]c5ncccc45)nc23)cc1. The highest BCUT2D eigenvalue weighted by Gasteiger charge is 2.14. The van der Waals surface area contributed by atoms with Gasteiger partial charge in [-0.15, -0.1) is 0 Å². The Bertz CT molecular complexity index is 1270. The van der Waals surface area contributed by atoms with Gasteiger partial charge >= 0.3 is 0 Å². The number of aromatic nitrogens is 4. The molecule has 2 N–H and O–H groups in total. The number of pyridine rings is 1. The average molecular weight is 411 g/mol. The molecule has 5 rings (SSSR count). The maximum absolute atomic E-state index is 6.35. The van der Waals surface area contributed by atoms with Crippen molar-refractivity contribution in [2.75, 3.05) is 0 Å². The number of halogens is 2.